The highest BCUT2D eigenvalue weighted by Gasteiger charge is 2.05. The summed E-state index contributed by atoms with van der Waals surface area (Å²) in [6.07, 6.45) is 1.83. The Morgan fingerprint density at radius 1 is 1.29 bits per heavy atom. The Kier molecular flexibility index (Phi) is 3.94. The molecule has 0 aliphatic rings. The lowest BCUT2D eigenvalue weighted by atomic mass is 10.1. The number of fused-ring (bicyclic) bond motifs is 1. The van der Waals surface area contributed by atoms with Crippen molar-refractivity contribution in [2.45, 2.75) is 19.9 Å². The molecule has 0 fully saturated rings. The zero-order valence-corrected chi connectivity index (χ0v) is 10.3. The number of nitrogens with one attached hydrogen (secondary N) is 1. The van der Waals surface area contributed by atoms with Crippen molar-refractivity contribution >= 4 is 16.6 Å². The molecule has 2 aromatic rings. The maximum Gasteiger partial charge on any atom is 0.134 e. The first kappa shape index (κ1) is 11.9. The first-order valence-corrected chi connectivity index (χ1v) is 5.99. The lowest BCUT2D eigenvalue weighted by Crippen LogP contribution is -2.22. The second-order valence-electron chi connectivity index (χ2n) is 4.09. The molecule has 1 unspecified atom stereocenters. The van der Waals surface area contributed by atoms with Crippen LogP contribution in [0.2, 0.25) is 0 Å². The topological polar surface area (TPSA) is 34.1 Å². The van der Waals surface area contributed by atoms with Crippen molar-refractivity contribution in [1.82, 2.24) is 4.98 Å². The van der Waals surface area contributed by atoms with Gasteiger partial charge in [0.05, 0.1) is 6.61 Å². The quantitative estimate of drug-likeness (QED) is 0.857. The van der Waals surface area contributed by atoms with E-state index in [4.69, 9.17) is 4.74 Å². The van der Waals surface area contributed by atoms with Crippen LogP contribution in [0.15, 0.2) is 36.5 Å². The predicted octanol–water partition coefficient (Wildman–Crippen LogP) is 3.07. The van der Waals surface area contributed by atoms with Gasteiger partial charge < -0.3 is 10.1 Å². The standard InChI is InChI=1S/C14H18N2O/c1-3-17-10-11(2)16-14-13-7-5-4-6-12(13)8-9-15-14/h4-9,11H,3,10H2,1-2H3,(H,15,16). The maximum absolute atomic E-state index is 5.39. The highest BCUT2D eigenvalue weighted by atomic mass is 16.5. The molecular formula is C14H18N2O. The highest BCUT2D eigenvalue weighted by molar-refractivity contribution is 5.91. The minimum absolute atomic E-state index is 0.258. The van der Waals surface area contributed by atoms with Gasteiger partial charge in [0.2, 0.25) is 0 Å². The van der Waals surface area contributed by atoms with Gasteiger partial charge in [0, 0.05) is 24.2 Å². The Hall–Kier alpha value is -1.61. The largest absolute Gasteiger partial charge is 0.380 e. The van der Waals surface area contributed by atoms with Crippen molar-refractivity contribution in [3.63, 3.8) is 0 Å². The molecule has 2 rings (SSSR count). The van der Waals surface area contributed by atoms with Crippen LogP contribution in [0, 0.1) is 0 Å². The van der Waals surface area contributed by atoms with Crippen molar-refractivity contribution in [3.8, 4) is 0 Å². The van der Waals surface area contributed by atoms with E-state index in [-0.39, 0.29) is 6.04 Å². The Bertz CT molecular complexity index is 479. The molecule has 0 aliphatic heterocycles. The molecule has 0 aliphatic carbocycles. The summed E-state index contributed by atoms with van der Waals surface area (Å²) in [5.41, 5.74) is 0. The zero-order chi connectivity index (χ0) is 12.1. The number of anilines is 1. The lowest BCUT2D eigenvalue weighted by Gasteiger charge is -2.15. The van der Waals surface area contributed by atoms with Crippen LogP contribution in [-0.2, 0) is 4.74 Å². The fourth-order valence-electron chi connectivity index (χ4n) is 1.80. The molecule has 3 nitrogen and oxygen atoms in total. The molecule has 0 saturated heterocycles. The Morgan fingerprint density at radius 3 is 2.94 bits per heavy atom. The summed E-state index contributed by atoms with van der Waals surface area (Å²) < 4.78 is 5.39. The summed E-state index contributed by atoms with van der Waals surface area (Å²) in [5.74, 6) is 0.926. The van der Waals surface area contributed by atoms with Crippen LogP contribution < -0.4 is 5.32 Å². The van der Waals surface area contributed by atoms with Crippen LogP contribution in [0.5, 0.6) is 0 Å². The minimum Gasteiger partial charge on any atom is -0.380 e. The van der Waals surface area contributed by atoms with E-state index < -0.39 is 0 Å². The van der Waals surface area contributed by atoms with Gasteiger partial charge in [-0.05, 0) is 25.3 Å². The maximum atomic E-state index is 5.39. The number of rotatable bonds is 5. The van der Waals surface area contributed by atoms with Gasteiger partial charge in [-0.15, -0.1) is 0 Å². The Balaban J connectivity index is 2.18. The average Bonchev–Trinajstić information content (AvgIpc) is 2.37. The SMILES string of the molecule is CCOCC(C)Nc1nccc2ccccc12. The molecule has 1 N–H and O–H groups in total. The van der Waals surface area contributed by atoms with Crippen LogP contribution >= 0.6 is 0 Å². The van der Waals surface area contributed by atoms with Gasteiger partial charge in [0.15, 0.2) is 0 Å². The number of pyridine rings is 1. The smallest absolute Gasteiger partial charge is 0.134 e. The summed E-state index contributed by atoms with van der Waals surface area (Å²) in [4.78, 5) is 4.39. The third-order valence-corrected chi connectivity index (χ3v) is 2.63. The highest BCUT2D eigenvalue weighted by Crippen LogP contribution is 2.20. The minimum atomic E-state index is 0.258. The average molecular weight is 230 g/mol. The molecule has 1 atom stereocenters. The number of aromatic nitrogens is 1. The molecule has 1 heterocycles. The second kappa shape index (κ2) is 5.64. The summed E-state index contributed by atoms with van der Waals surface area (Å²) in [6.45, 7) is 5.54. The summed E-state index contributed by atoms with van der Waals surface area (Å²) in [6, 6.07) is 10.5. The van der Waals surface area contributed by atoms with Gasteiger partial charge in [0.25, 0.3) is 0 Å². The number of benzene rings is 1. The molecule has 3 heteroatoms. The number of nitrogens with zero attached hydrogens (tertiary/aromatic N) is 1. The Labute approximate surface area is 102 Å². The lowest BCUT2D eigenvalue weighted by molar-refractivity contribution is 0.141. The van der Waals surface area contributed by atoms with Crippen molar-refractivity contribution in [2.75, 3.05) is 18.5 Å². The van der Waals surface area contributed by atoms with Crippen LogP contribution in [-0.4, -0.2) is 24.2 Å². The zero-order valence-electron chi connectivity index (χ0n) is 10.3. The van der Waals surface area contributed by atoms with Crippen LogP contribution in [0.4, 0.5) is 5.82 Å². The summed E-state index contributed by atoms with van der Waals surface area (Å²) >= 11 is 0. The molecule has 0 amide bonds. The first-order chi connectivity index (χ1) is 8.31. The molecule has 17 heavy (non-hydrogen) atoms. The van der Waals surface area contributed by atoms with Gasteiger partial charge in [-0.3, -0.25) is 0 Å². The number of ether oxygens (including phenoxy) is 1. The third-order valence-electron chi connectivity index (χ3n) is 2.63. The molecular weight excluding hydrogens is 212 g/mol. The number of hydrogen-bond acceptors (Lipinski definition) is 3. The predicted molar refractivity (Wildman–Crippen MR) is 71.3 cm³/mol. The Morgan fingerprint density at radius 2 is 2.12 bits per heavy atom. The van der Waals surface area contributed by atoms with E-state index in [1.165, 1.54) is 5.39 Å². The third kappa shape index (κ3) is 2.94. The van der Waals surface area contributed by atoms with E-state index in [1.807, 2.05) is 31.3 Å². The molecule has 0 saturated carbocycles. The molecule has 1 aromatic heterocycles. The van der Waals surface area contributed by atoms with Gasteiger partial charge in [0.1, 0.15) is 5.82 Å². The van der Waals surface area contributed by atoms with E-state index in [9.17, 15) is 0 Å². The van der Waals surface area contributed by atoms with Crippen molar-refractivity contribution in [3.05, 3.63) is 36.5 Å². The van der Waals surface area contributed by atoms with Crippen molar-refractivity contribution < 1.29 is 4.74 Å². The fraction of sp³-hybridized carbons (Fsp3) is 0.357. The summed E-state index contributed by atoms with van der Waals surface area (Å²) in [7, 11) is 0. The molecule has 1 aromatic carbocycles. The van der Waals surface area contributed by atoms with Crippen LogP contribution in [0.3, 0.4) is 0 Å². The number of hydrogen-bond donors (Lipinski definition) is 1. The molecule has 90 valence electrons. The molecule has 0 spiro atoms. The normalized spacial score (nSPS) is 12.6. The van der Waals surface area contributed by atoms with Gasteiger partial charge in [-0.1, -0.05) is 24.3 Å². The van der Waals surface area contributed by atoms with E-state index in [0.29, 0.717) is 6.61 Å². The fourth-order valence-corrected chi connectivity index (χ4v) is 1.80. The van der Waals surface area contributed by atoms with Crippen molar-refractivity contribution in [2.24, 2.45) is 0 Å². The van der Waals surface area contributed by atoms with Crippen LogP contribution in [0.25, 0.3) is 10.8 Å². The van der Waals surface area contributed by atoms with Crippen LogP contribution in [0.1, 0.15) is 13.8 Å². The molecule has 0 bridgehead atoms. The molecule has 0 radical (unpaired) electrons. The van der Waals surface area contributed by atoms with Gasteiger partial charge in [-0.25, -0.2) is 4.98 Å². The monoisotopic (exact) mass is 230 g/mol. The van der Waals surface area contributed by atoms with Gasteiger partial charge >= 0.3 is 0 Å². The van der Waals surface area contributed by atoms with E-state index in [2.05, 4.69) is 29.4 Å². The second-order valence-corrected chi connectivity index (χ2v) is 4.09. The summed E-state index contributed by atoms with van der Waals surface area (Å²) in [5, 5.41) is 5.74. The van der Waals surface area contributed by atoms with Gasteiger partial charge in [-0.2, -0.15) is 0 Å². The van der Waals surface area contributed by atoms with Crippen molar-refractivity contribution in [1.29, 1.82) is 0 Å². The van der Waals surface area contributed by atoms with E-state index in [1.54, 1.807) is 0 Å². The van der Waals surface area contributed by atoms with E-state index in [0.717, 1.165) is 17.8 Å². The first-order valence-electron chi connectivity index (χ1n) is 5.99. The van der Waals surface area contributed by atoms with E-state index >= 15 is 0 Å².